The molecule has 2 heterocycles. The number of hydrogen-bond donors (Lipinski definition) is 0. The van der Waals surface area contributed by atoms with Crippen molar-refractivity contribution in [3.63, 3.8) is 0 Å². The highest BCUT2D eigenvalue weighted by Gasteiger charge is 2.01. The molecule has 0 aliphatic heterocycles. The lowest BCUT2D eigenvalue weighted by Gasteiger charge is -1.86. The number of nitriles is 1. The fraction of sp³-hybridized carbons (Fsp3) is 0. The first-order valence-electron chi connectivity index (χ1n) is 3.26. The predicted molar refractivity (Wildman–Crippen MR) is 49.3 cm³/mol. The lowest BCUT2D eigenvalue weighted by Crippen LogP contribution is -1.78. The number of thiophene rings is 1. The zero-order valence-corrected chi connectivity index (χ0v) is 7.49. The molecule has 0 unspecified atom stereocenters. The molecular weight excluding hydrogens is 192 g/mol. The fourth-order valence-electron chi connectivity index (χ4n) is 0.949. The van der Waals surface area contributed by atoms with Crippen LogP contribution in [0.4, 0.5) is 0 Å². The zero-order valence-electron chi connectivity index (χ0n) is 5.91. The number of halogens is 1. The van der Waals surface area contributed by atoms with E-state index in [1.54, 1.807) is 6.07 Å². The van der Waals surface area contributed by atoms with Crippen molar-refractivity contribution in [2.45, 2.75) is 0 Å². The molecule has 2 aromatic heterocycles. The van der Waals surface area contributed by atoms with E-state index in [1.165, 1.54) is 11.3 Å². The normalized spacial score (nSPS) is 10.0. The Bertz CT molecular complexity index is 469. The SMILES string of the molecule is N#Cc1ccc2cc(Cl)sc2n1. The molecule has 0 atom stereocenters. The summed E-state index contributed by atoms with van der Waals surface area (Å²) in [5.74, 6) is 0. The summed E-state index contributed by atoms with van der Waals surface area (Å²) in [6.45, 7) is 0. The van der Waals surface area contributed by atoms with Crippen molar-refractivity contribution in [1.29, 1.82) is 5.26 Å². The maximum absolute atomic E-state index is 8.56. The van der Waals surface area contributed by atoms with Crippen LogP contribution in [0.15, 0.2) is 18.2 Å². The fourth-order valence-corrected chi connectivity index (χ4v) is 2.05. The minimum atomic E-state index is 0.431. The first-order chi connectivity index (χ1) is 5.79. The van der Waals surface area contributed by atoms with Crippen molar-refractivity contribution in [2.75, 3.05) is 0 Å². The van der Waals surface area contributed by atoms with Crippen molar-refractivity contribution >= 4 is 33.2 Å². The number of hydrogen-bond acceptors (Lipinski definition) is 3. The molecule has 0 amide bonds. The summed E-state index contributed by atoms with van der Waals surface area (Å²) in [4.78, 5) is 4.91. The standard InChI is InChI=1S/C8H3ClN2S/c9-7-3-5-1-2-6(4-10)11-8(5)12-7/h1-3H. The van der Waals surface area contributed by atoms with E-state index >= 15 is 0 Å². The first kappa shape index (κ1) is 7.53. The van der Waals surface area contributed by atoms with Gasteiger partial charge >= 0.3 is 0 Å². The van der Waals surface area contributed by atoms with Gasteiger partial charge in [0, 0.05) is 5.39 Å². The van der Waals surface area contributed by atoms with Crippen LogP contribution in [-0.2, 0) is 0 Å². The Morgan fingerprint density at radius 3 is 3.08 bits per heavy atom. The topological polar surface area (TPSA) is 36.7 Å². The molecule has 0 saturated carbocycles. The molecule has 0 spiro atoms. The van der Waals surface area contributed by atoms with Gasteiger partial charge in [0.05, 0.1) is 4.34 Å². The number of rotatable bonds is 0. The van der Waals surface area contributed by atoms with Gasteiger partial charge < -0.3 is 0 Å². The smallest absolute Gasteiger partial charge is 0.142 e. The average molecular weight is 195 g/mol. The monoisotopic (exact) mass is 194 g/mol. The molecule has 0 aliphatic rings. The zero-order chi connectivity index (χ0) is 8.55. The van der Waals surface area contributed by atoms with Crippen LogP contribution in [0.5, 0.6) is 0 Å². The van der Waals surface area contributed by atoms with Gasteiger partial charge in [0.1, 0.15) is 16.6 Å². The van der Waals surface area contributed by atoms with E-state index in [0.717, 1.165) is 10.2 Å². The lowest BCUT2D eigenvalue weighted by atomic mass is 10.3. The van der Waals surface area contributed by atoms with Gasteiger partial charge in [-0.05, 0) is 18.2 Å². The Balaban J connectivity index is 2.77. The summed E-state index contributed by atoms with van der Waals surface area (Å²) in [5, 5.41) is 9.55. The van der Waals surface area contributed by atoms with Crippen LogP contribution in [0, 0.1) is 11.3 Å². The van der Waals surface area contributed by atoms with Gasteiger partial charge in [0.25, 0.3) is 0 Å². The highest BCUT2D eigenvalue weighted by molar-refractivity contribution is 7.22. The predicted octanol–water partition coefficient (Wildman–Crippen LogP) is 2.82. The van der Waals surface area contributed by atoms with Gasteiger partial charge in [-0.2, -0.15) is 5.26 Å². The first-order valence-corrected chi connectivity index (χ1v) is 4.45. The van der Waals surface area contributed by atoms with Crippen LogP contribution in [0.25, 0.3) is 10.2 Å². The Morgan fingerprint density at radius 1 is 1.50 bits per heavy atom. The van der Waals surface area contributed by atoms with Crippen molar-refractivity contribution in [3.8, 4) is 6.07 Å². The molecule has 2 aromatic rings. The molecule has 2 nitrogen and oxygen atoms in total. The molecule has 0 fully saturated rings. The number of fused-ring (bicyclic) bond motifs is 1. The van der Waals surface area contributed by atoms with Crippen LogP contribution < -0.4 is 0 Å². The minimum Gasteiger partial charge on any atom is -0.226 e. The molecule has 0 bridgehead atoms. The van der Waals surface area contributed by atoms with E-state index < -0.39 is 0 Å². The Kier molecular flexibility index (Phi) is 1.72. The van der Waals surface area contributed by atoms with Crippen LogP contribution >= 0.6 is 22.9 Å². The Morgan fingerprint density at radius 2 is 2.33 bits per heavy atom. The third-order valence-electron chi connectivity index (χ3n) is 1.47. The summed E-state index contributed by atoms with van der Waals surface area (Å²) in [6.07, 6.45) is 0. The van der Waals surface area contributed by atoms with Gasteiger partial charge in [-0.15, -0.1) is 11.3 Å². The summed E-state index contributed by atoms with van der Waals surface area (Å²) in [6, 6.07) is 7.36. The number of nitrogens with zero attached hydrogens (tertiary/aromatic N) is 2. The average Bonchev–Trinajstić information content (AvgIpc) is 2.43. The second kappa shape index (κ2) is 2.74. The molecule has 0 aromatic carbocycles. The maximum Gasteiger partial charge on any atom is 0.142 e. The van der Waals surface area contributed by atoms with E-state index in [4.69, 9.17) is 16.9 Å². The van der Waals surface area contributed by atoms with E-state index in [9.17, 15) is 0 Å². The largest absolute Gasteiger partial charge is 0.226 e. The molecule has 58 valence electrons. The highest BCUT2D eigenvalue weighted by Crippen LogP contribution is 2.27. The number of aromatic nitrogens is 1. The molecule has 0 saturated heterocycles. The van der Waals surface area contributed by atoms with Crippen LogP contribution in [0.2, 0.25) is 4.34 Å². The van der Waals surface area contributed by atoms with Crippen LogP contribution in [-0.4, -0.2) is 4.98 Å². The van der Waals surface area contributed by atoms with Gasteiger partial charge in [0.15, 0.2) is 0 Å². The summed E-state index contributed by atoms with van der Waals surface area (Å²) < 4.78 is 0.701. The van der Waals surface area contributed by atoms with Gasteiger partial charge in [-0.1, -0.05) is 11.6 Å². The van der Waals surface area contributed by atoms with E-state index in [0.29, 0.717) is 10.0 Å². The Hall–Kier alpha value is -1.11. The van der Waals surface area contributed by atoms with Gasteiger partial charge in [0.2, 0.25) is 0 Å². The van der Waals surface area contributed by atoms with Crippen LogP contribution in [0.3, 0.4) is 0 Å². The van der Waals surface area contributed by atoms with Gasteiger partial charge in [-0.3, -0.25) is 0 Å². The molecule has 12 heavy (non-hydrogen) atoms. The lowest BCUT2D eigenvalue weighted by molar-refractivity contribution is 1.34. The quantitative estimate of drug-likeness (QED) is 0.647. The second-order valence-electron chi connectivity index (χ2n) is 2.25. The maximum atomic E-state index is 8.56. The molecular formula is C8H3ClN2S. The molecule has 0 radical (unpaired) electrons. The minimum absolute atomic E-state index is 0.431. The summed E-state index contributed by atoms with van der Waals surface area (Å²) >= 11 is 7.16. The summed E-state index contributed by atoms with van der Waals surface area (Å²) in [7, 11) is 0. The van der Waals surface area contributed by atoms with E-state index in [1.807, 2.05) is 18.2 Å². The van der Waals surface area contributed by atoms with Crippen LogP contribution in [0.1, 0.15) is 5.69 Å². The van der Waals surface area contributed by atoms with Crippen molar-refractivity contribution in [1.82, 2.24) is 4.98 Å². The third-order valence-corrected chi connectivity index (χ3v) is 2.64. The van der Waals surface area contributed by atoms with Gasteiger partial charge in [-0.25, -0.2) is 4.98 Å². The molecule has 0 N–H and O–H groups in total. The second-order valence-corrected chi connectivity index (χ2v) is 3.92. The van der Waals surface area contributed by atoms with Crippen molar-refractivity contribution in [2.24, 2.45) is 0 Å². The summed E-state index contributed by atoms with van der Waals surface area (Å²) in [5.41, 5.74) is 0.431. The molecule has 4 heteroatoms. The Labute approximate surface area is 78.0 Å². The van der Waals surface area contributed by atoms with E-state index in [2.05, 4.69) is 4.98 Å². The molecule has 2 rings (SSSR count). The number of pyridine rings is 1. The van der Waals surface area contributed by atoms with Crippen molar-refractivity contribution < 1.29 is 0 Å². The van der Waals surface area contributed by atoms with Crippen molar-refractivity contribution in [3.05, 3.63) is 28.2 Å². The highest BCUT2D eigenvalue weighted by atomic mass is 35.5. The van der Waals surface area contributed by atoms with E-state index in [-0.39, 0.29) is 0 Å². The third kappa shape index (κ3) is 1.15. The molecule has 0 aliphatic carbocycles.